The Bertz CT molecular complexity index is 242. The molecule has 0 bridgehead atoms. The molecule has 0 spiro atoms. The van der Waals surface area contributed by atoms with Crippen molar-refractivity contribution >= 4 is 23.5 Å². The molecule has 0 unspecified atom stereocenters. The molecule has 1 rings (SSSR count). The normalized spacial score (nSPS) is 17.5. The van der Waals surface area contributed by atoms with Crippen LogP contribution in [0.1, 0.15) is 0 Å². The van der Waals surface area contributed by atoms with Crippen LogP contribution >= 0.6 is 12.0 Å². The number of rotatable bonds is 1. The fourth-order valence-electron chi connectivity index (χ4n) is 0.607. The van der Waals surface area contributed by atoms with Crippen molar-refractivity contribution in [1.29, 1.82) is 10.8 Å². The molecule has 1 aliphatic carbocycles. The van der Waals surface area contributed by atoms with Crippen LogP contribution in [-0.2, 0) is 0 Å². The van der Waals surface area contributed by atoms with Gasteiger partial charge in [0.05, 0.1) is 16.3 Å². The Morgan fingerprint density at radius 1 is 1.40 bits per heavy atom. The minimum atomic E-state index is 0.0787. The second-order valence-electron chi connectivity index (χ2n) is 1.77. The number of allylic oxidation sites excluding steroid dienone is 4. The molecule has 0 saturated heterocycles. The summed E-state index contributed by atoms with van der Waals surface area (Å²) in [6, 6.07) is 0. The highest BCUT2D eigenvalue weighted by atomic mass is 32.2. The van der Waals surface area contributed by atoms with Crippen molar-refractivity contribution in [2.75, 3.05) is 0 Å². The molecule has 0 saturated carbocycles. The summed E-state index contributed by atoms with van der Waals surface area (Å²) in [4.78, 5) is 0.424. The van der Waals surface area contributed by atoms with Gasteiger partial charge in [-0.2, -0.15) is 0 Å². The molecule has 0 amide bonds. The topological polar surface area (TPSA) is 67.9 Å². The molecule has 3 nitrogen and oxygen atoms in total. The van der Waals surface area contributed by atoms with Crippen LogP contribution in [0.2, 0.25) is 0 Å². The summed E-state index contributed by atoms with van der Waals surface area (Å²) < 4.78 is 8.56. The van der Waals surface area contributed by atoms with Crippen LogP contribution in [0.15, 0.2) is 23.1 Å². The molecule has 0 aromatic rings. The van der Waals surface area contributed by atoms with E-state index in [1.807, 2.05) is 0 Å². The molecule has 0 atom stereocenters. The van der Waals surface area contributed by atoms with Gasteiger partial charge < -0.3 is 4.55 Å². The molecule has 3 N–H and O–H groups in total. The van der Waals surface area contributed by atoms with Crippen molar-refractivity contribution in [3.05, 3.63) is 23.1 Å². The molecule has 4 heteroatoms. The van der Waals surface area contributed by atoms with Crippen molar-refractivity contribution in [3.8, 4) is 0 Å². The quantitative estimate of drug-likeness (QED) is 0.397. The molecule has 0 aromatic carbocycles. The van der Waals surface area contributed by atoms with Crippen molar-refractivity contribution in [3.63, 3.8) is 0 Å². The molecule has 0 aliphatic heterocycles. The molecule has 0 aromatic heterocycles. The van der Waals surface area contributed by atoms with Gasteiger partial charge in [-0.1, -0.05) is 6.08 Å². The van der Waals surface area contributed by atoms with Gasteiger partial charge >= 0.3 is 0 Å². The summed E-state index contributed by atoms with van der Waals surface area (Å²) in [5.41, 5.74) is 0.217. The maximum Gasteiger partial charge on any atom is 0.0948 e. The summed E-state index contributed by atoms with van der Waals surface area (Å²) in [6.07, 6.45) is 4.76. The molecular weight excluding hydrogens is 148 g/mol. The molecule has 52 valence electrons. The van der Waals surface area contributed by atoms with Crippen LogP contribution in [-0.4, -0.2) is 16.0 Å². The van der Waals surface area contributed by atoms with Gasteiger partial charge in [-0.05, 0) is 12.2 Å². The Kier molecular flexibility index (Phi) is 2.03. The molecule has 0 radical (unpaired) electrons. The van der Waals surface area contributed by atoms with E-state index in [4.69, 9.17) is 15.4 Å². The van der Waals surface area contributed by atoms with E-state index in [2.05, 4.69) is 0 Å². The minimum absolute atomic E-state index is 0.0787. The molecule has 0 heterocycles. The zero-order valence-corrected chi connectivity index (χ0v) is 5.90. The maximum absolute atomic E-state index is 8.56. The van der Waals surface area contributed by atoms with Gasteiger partial charge in [0.1, 0.15) is 0 Å². The Hall–Kier alpha value is -0.870. The Morgan fingerprint density at radius 3 is 2.60 bits per heavy atom. The van der Waals surface area contributed by atoms with Gasteiger partial charge in [-0.15, -0.1) is 0 Å². The van der Waals surface area contributed by atoms with Crippen LogP contribution < -0.4 is 0 Å². The van der Waals surface area contributed by atoms with E-state index in [0.717, 1.165) is 0 Å². The molecule has 1 aliphatic rings. The Labute approximate surface area is 62.7 Å². The predicted molar refractivity (Wildman–Crippen MR) is 42.9 cm³/mol. The largest absolute Gasteiger partial charge is 0.325 e. The Morgan fingerprint density at radius 2 is 2.10 bits per heavy atom. The van der Waals surface area contributed by atoms with Crippen molar-refractivity contribution in [2.24, 2.45) is 0 Å². The summed E-state index contributed by atoms with van der Waals surface area (Å²) >= 11 is 0.502. The highest BCUT2D eigenvalue weighted by Crippen LogP contribution is 2.16. The van der Waals surface area contributed by atoms with E-state index in [0.29, 0.717) is 16.9 Å². The third-order valence-corrected chi connectivity index (χ3v) is 1.66. The van der Waals surface area contributed by atoms with Crippen LogP contribution in [0.4, 0.5) is 0 Å². The summed E-state index contributed by atoms with van der Waals surface area (Å²) in [7, 11) is 0. The van der Waals surface area contributed by atoms with Crippen LogP contribution in [0, 0.1) is 10.8 Å². The van der Waals surface area contributed by atoms with Crippen LogP contribution in [0.5, 0.6) is 0 Å². The van der Waals surface area contributed by atoms with Crippen molar-refractivity contribution < 1.29 is 4.55 Å². The predicted octanol–water partition coefficient (Wildman–Crippen LogP) is 1.69. The SMILES string of the molecule is N=C1C=CC=C(SO)C1=N. The lowest BCUT2D eigenvalue weighted by Crippen LogP contribution is -2.12. The van der Waals surface area contributed by atoms with Gasteiger partial charge in [-0.25, -0.2) is 0 Å². The zero-order chi connectivity index (χ0) is 7.56. The lowest BCUT2D eigenvalue weighted by atomic mass is 10.1. The molecular formula is C6H6N2OS. The average molecular weight is 154 g/mol. The van der Waals surface area contributed by atoms with E-state index in [-0.39, 0.29) is 11.4 Å². The van der Waals surface area contributed by atoms with Gasteiger partial charge in [0, 0.05) is 12.0 Å². The lowest BCUT2D eigenvalue weighted by molar-refractivity contribution is 0.670. The van der Waals surface area contributed by atoms with Gasteiger partial charge in [0.2, 0.25) is 0 Å². The first-order valence-corrected chi connectivity index (χ1v) is 3.40. The third kappa shape index (κ3) is 1.17. The van der Waals surface area contributed by atoms with E-state index in [1.54, 1.807) is 12.2 Å². The summed E-state index contributed by atoms with van der Waals surface area (Å²) in [5.74, 6) is 0. The minimum Gasteiger partial charge on any atom is -0.325 e. The lowest BCUT2D eigenvalue weighted by Gasteiger charge is -2.05. The molecule has 0 fully saturated rings. The maximum atomic E-state index is 8.56. The first-order valence-electron chi connectivity index (χ1n) is 2.63. The third-order valence-electron chi connectivity index (χ3n) is 1.12. The fourth-order valence-corrected chi connectivity index (χ4v) is 0.948. The first kappa shape index (κ1) is 7.24. The van der Waals surface area contributed by atoms with Crippen molar-refractivity contribution in [1.82, 2.24) is 0 Å². The van der Waals surface area contributed by atoms with Gasteiger partial charge in [-0.3, -0.25) is 10.8 Å². The summed E-state index contributed by atoms with van der Waals surface area (Å²) in [6.45, 7) is 0. The van der Waals surface area contributed by atoms with E-state index < -0.39 is 0 Å². The van der Waals surface area contributed by atoms with Crippen LogP contribution in [0.3, 0.4) is 0 Å². The second-order valence-corrected chi connectivity index (χ2v) is 2.39. The number of nitrogens with one attached hydrogen (secondary N) is 2. The Balaban J connectivity index is 2.92. The molecule has 10 heavy (non-hydrogen) atoms. The van der Waals surface area contributed by atoms with Gasteiger partial charge in [0.15, 0.2) is 0 Å². The summed E-state index contributed by atoms with van der Waals surface area (Å²) in [5, 5.41) is 14.4. The van der Waals surface area contributed by atoms with E-state index in [9.17, 15) is 0 Å². The first-order chi connectivity index (χ1) is 4.75. The zero-order valence-electron chi connectivity index (χ0n) is 5.09. The smallest absolute Gasteiger partial charge is 0.0948 e. The van der Waals surface area contributed by atoms with E-state index in [1.165, 1.54) is 6.08 Å². The van der Waals surface area contributed by atoms with Crippen molar-refractivity contribution in [2.45, 2.75) is 0 Å². The number of hydrogen-bond acceptors (Lipinski definition) is 4. The standard InChI is InChI=1S/C6H6N2OS/c7-4-2-1-3-5(10-9)6(4)8/h1-3,7-9H. The number of hydrogen-bond donors (Lipinski definition) is 3. The monoisotopic (exact) mass is 154 g/mol. The van der Waals surface area contributed by atoms with E-state index >= 15 is 0 Å². The second kappa shape index (κ2) is 2.81. The highest BCUT2D eigenvalue weighted by molar-refractivity contribution is 7.98. The fraction of sp³-hybridized carbons (Fsp3) is 0. The average Bonchev–Trinajstić information content (AvgIpc) is 1.95. The highest BCUT2D eigenvalue weighted by Gasteiger charge is 2.10. The van der Waals surface area contributed by atoms with Crippen LogP contribution in [0.25, 0.3) is 0 Å². The van der Waals surface area contributed by atoms with Gasteiger partial charge in [0.25, 0.3) is 0 Å².